The molecule has 1 heterocycles. The molecular weight excluding hydrogens is 404 g/mol. The van der Waals surface area contributed by atoms with Gasteiger partial charge in [-0.25, -0.2) is 9.36 Å². The van der Waals surface area contributed by atoms with Crippen molar-refractivity contribution in [2.75, 3.05) is 14.2 Å². The van der Waals surface area contributed by atoms with Gasteiger partial charge in [-0.3, -0.25) is 19.4 Å². The van der Waals surface area contributed by atoms with Crippen molar-refractivity contribution in [2.24, 2.45) is 5.92 Å². The minimum absolute atomic E-state index is 0.280. The number of esters is 2. The van der Waals surface area contributed by atoms with Gasteiger partial charge in [0.15, 0.2) is 5.92 Å². The summed E-state index contributed by atoms with van der Waals surface area (Å²) < 4.78 is 10.4. The van der Waals surface area contributed by atoms with Gasteiger partial charge in [-0.15, -0.1) is 0 Å². The van der Waals surface area contributed by atoms with Gasteiger partial charge in [-0.1, -0.05) is 48.5 Å². The lowest BCUT2D eigenvalue weighted by Gasteiger charge is -2.25. The number of benzene rings is 2. The summed E-state index contributed by atoms with van der Waals surface area (Å²) in [6, 6.07) is 16.3. The first-order chi connectivity index (χ1) is 14.9. The molecule has 3 rings (SSSR count). The van der Waals surface area contributed by atoms with Crippen molar-refractivity contribution in [1.82, 2.24) is 9.55 Å². The monoisotopic (exact) mass is 424 g/mol. The number of hydrogen-bond donors (Lipinski definition) is 2. The summed E-state index contributed by atoms with van der Waals surface area (Å²) in [6.45, 7) is 0. The van der Waals surface area contributed by atoms with Gasteiger partial charge in [0, 0.05) is 5.92 Å². The van der Waals surface area contributed by atoms with Crippen molar-refractivity contribution < 1.29 is 24.2 Å². The van der Waals surface area contributed by atoms with Gasteiger partial charge in [0.05, 0.1) is 25.5 Å². The second-order valence-corrected chi connectivity index (χ2v) is 6.58. The van der Waals surface area contributed by atoms with Crippen LogP contribution in [0.2, 0.25) is 0 Å². The average Bonchev–Trinajstić information content (AvgIpc) is 2.78. The zero-order valence-electron chi connectivity index (χ0n) is 16.8. The van der Waals surface area contributed by atoms with E-state index in [1.807, 2.05) is 0 Å². The first-order valence-electron chi connectivity index (χ1n) is 9.25. The molecule has 2 aromatic carbocycles. The smallest absolute Gasteiger partial charge is 0.335 e. The zero-order valence-corrected chi connectivity index (χ0v) is 16.8. The number of para-hydroxylation sites is 1. The van der Waals surface area contributed by atoms with Gasteiger partial charge >= 0.3 is 17.6 Å². The van der Waals surface area contributed by atoms with E-state index in [-0.39, 0.29) is 11.3 Å². The van der Waals surface area contributed by atoms with E-state index in [1.54, 1.807) is 60.7 Å². The van der Waals surface area contributed by atoms with Crippen molar-refractivity contribution in [3.8, 4) is 11.6 Å². The van der Waals surface area contributed by atoms with Crippen LogP contribution >= 0.6 is 0 Å². The molecule has 160 valence electrons. The average molecular weight is 424 g/mol. The summed E-state index contributed by atoms with van der Waals surface area (Å²) in [5.41, 5.74) is -1.53. The van der Waals surface area contributed by atoms with E-state index in [9.17, 15) is 24.3 Å². The Morgan fingerprint density at radius 3 is 1.94 bits per heavy atom. The lowest BCUT2D eigenvalue weighted by atomic mass is 9.81. The predicted molar refractivity (Wildman–Crippen MR) is 110 cm³/mol. The topological polar surface area (TPSA) is 128 Å². The van der Waals surface area contributed by atoms with Crippen LogP contribution in [0, 0.1) is 5.92 Å². The summed E-state index contributed by atoms with van der Waals surface area (Å²) in [7, 11) is 2.19. The Morgan fingerprint density at radius 1 is 0.903 bits per heavy atom. The van der Waals surface area contributed by atoms with Crippen molar-refractivity contribution in [1.29, 1.82) is 0 Å². The van der Waals surface area contributed by atoms with Gasteiger partial charge in [0.2, 0.25) is 5.88 Å². The molecule has 3 aromatic rings. The van der Waals surface area contributed by atoms with Crippen molar-refractivity contribution in [3.05, 3.63) is 92.6 Å². The van der Waals surface area contributed by atoms with Crippen LogP contribution in [0.25, 0.3) is 5.69 Å². The molecule has 1 unspecified atom stereocenters. The summed E-state index contributed by atoms with van der Waals surface area (Å²) in [5, 5.41) is 11.0. The summed E-state index contributed by atoms with van der Waals surface area (Å²) in [6.07, 6.45) is 0. The van der Waals surface area contributed by atoms with Crippen molar-refractivity contribution in [2.45, 2.75) is 5.92 Å². The molecule has 0 saturated carbocycles. The number of aromatic amines is 1. The Bertz CT molecular complexity index is 1180. The normalized spacial score (nSPS) is 11.7. The van der Waals surface area contributed by atoms with Crippen LogP contribution in [0.3, 0.4) is 0 Å². The number of ether oxygens (including phenoxy) is 2. The molecule has 0 spiro atoms. The Balaban J connectivity index is 2.37. The second kappa shape index (κ2) is 9.12. The lowest BCUT2D eigenvalue weighted by Crippen LogP contribution is -2.38. The molecule has 1 atom stereocenters. The largest absolute Gasteiger partial charge is 0.494 e. The quantitative estimate of drug-likeness (QED) is 0.451. The van der Waals surface area contributed by atoms with E-state index in [2.05, 4.69) is 4.98 Å². The molecule has 9 nitrogen and oxygen atoms in total. The predicted octanol–water partition coefficient (Wildman–Crippen LogP) is 1.33. The Labute approximate surface area is 176 Å². The van der Waals surface area contributed by atoms with Crippen LogP contribution in [0.5, 0.6) is 5.88 Å². The maximum atomic E-state index is 12.9. The lowest BCUT2D eigenvalue weighted by molar-refractivity contribution is -0.159. The number of aromatic hydroxyl groups is 1. The second-order valence-electron chi connectivity index (χ2n) is 6.58. The Morgan fingerprint density at radius 2 is 1.42 bits per heavy atom. The third-order valence-electron chi connectivity index (χ3n) is 4.85. The summed E-state index contributed by atoms with van der Waals surface area (Å²) >= 11 is 0. The Kier molecular flexibility index (Phi) is 6.35. The van der Waals surface area contributed by atoms with Gasteiger partial charge in [0.25, 0.3) is 5.56 Å². The minimum atomic E-state index is -1.61. The standard InChI is InChI=1S/C22H20N2O7/c1-30-20(27)17(21(28)31-2)15(13-9-5-3-6-10-13)16-18(25)23-22(29)24(19(16)26)14-11-7-4-8-12-14/h3-12,15,17,26H,1-2H3,(H,23,25,29). The van der Waals surface area contributed by atoms with E-state index in [0.717, 1.165) is 18.8 Å². The number of nitrogens with zero attached hydrogens (tertiary/aromatic N) is 1. The van der Waals surface area contributed by atoms with E-state index in [0.29, 0.717) is 5.56 Å². The SMILES string of the molecule is COC(=O)C(C(=O)OC)C(c1ccccc1)c1c(O)n(-c2ccccc2)c(=O)[nH]c1=O. The zero-order chi connectivity index (χ0) is 22.5. The highest BCUT2D eigenvalue weighted by Gasteiger charge is 2.42. The molecule has 0 bridgehead atoms. The van der Waals surface area contributed by atoms with E-state index in [1.165, 1.54) is 0 Å². The van der Waals surface area contributed by atoms with Crippen LogP contribution in [0.15, 0.2) is 70.3 Å². The summed E-state index contributed by atoms with van der Waals surface area (Å²) in [4.78, 5) is 52.6. The van der Waals surface area contributed by atoms with Crippen LogP contribution in [0.4, 0.5) is 0 Å². The van der Waals surface area contributed by atoms with Crippen molar-refractivity contribution in [3.63, 3.8) is 0 Å². The van der Waals surface area contributed by atoms with Gasteiger partial charge < -0.3 is 14.6 Å². The van der Waals surface area contributed by atoms with Crippen LogP contribution in [-0.2, 0) is 19.1 Å². The highest BCUT2D eigenvalue weighted by atomic mass is 16.5. The molecule has 0 saturated heterocycles. The van der Waals surface area contributed by atoms with Crippen LogP contribution in [-0.4, -0.2) is 40.8 Å². The fraction of sp³-hybridized carbons (Fsp3) is 0.182. The fourth-order valence-electron chi connectivity index (χ4n) is 3.44. The van der Waals surface area contributed by atoms with E-state index in [4.69, 9.17) is 9.47 Å². The number of hydrogen-bond acceptors (Lipinski definition) is 7. The Hall–Kier alpha value is -4.14. The maximum absolute atomic E-state index is 12.9. The number of aromatic nitrogens is 2. The number of methoxy groups -OCH3 is 2. The third kappa shape index (κ3) is 4.11. The van der Waals surface area contributed by atoms with Gasteiger partial charge in [0.1, 0.15) is 0 Å². The highest BCUT2D eigenvalue weighted by Crippen LogP contribution is 2.36. The molecule has 0 fully saturated rings. The minimum Gasteiger partial charge on any atom is -0.494 e. The number of H-pyrrole nitrogens is 1. The fourth-order valence-corrected chi connectivity index (χ4v) is 3.44. The first-order valence-corrected chi connectivity index (χ1v) is 9.25. The molecule has 9 heteroatoms. The van der Waals surface area contributed by atoms with E-state index < -0.39 is 40.9 Å². The van der Waals surface area contributed by atoms with Gasteiger partial charge in [-0.2, -0.15) is 0 Å². The molecule has 0 aliphatic rings. The van der Waals surface area contributed by atoms with Crippen molar-refractivity contribution >= 4 is 11.9 Å². The number of carbonyl (C=O) groups excluding carboxylic acids is 2. The highest BCUT2D eigenvalue weighted by molar-refractivity contribution is 5.96. The molecule has 0 aliphatic heterocycles. The first kappa shape index (κ1) is 21.6. The third-order valence-corrected chi connectivity index (χ3v) is 4.85. The molecule has 0 aliphatic carbocycles. The van der Waals surface area contributed by atoms with Gasteiger partial charge in [-0.05, 0) is 17.7 Å². The van der Waals surface area contributed by atoms with Crippen LogP contribution < -0.4 is 11.2 Å². The number of carbonyl (C=O) groups is 2. The molecule has 0 amide bonds. The molecule has 31 heavy (non-hydrogen) atoms. The maximum Gasteiger partial charge on any atom is 0.335 e. The molecule has 2 N–H and O–H groups in total. The molecule has 0 radical (unpaired) electrons. The molecular formula is C22H20N2O7. The van der Waals surface area contributed by atoms with E-state index >= 15 is 0 Å². The summed E-state index contributed by atoms with van der Waals surface area (Å²) in [5.74, 6) is -5.52. The number of nitrogens with one attached hydrogen (secondary N) is 1. The van der Waals surface area contributed by atoms with Crippen LogP contribution in [0.1, 0.15) is 17.0 Å². The molecule has 1 aromatic heterocycles. The number of rotatable bonds is 6.